The Morgan fingerprint density at radius 3 is 2.93 bits per heavy atom. The van der Waals surface area contributed by atoms with Crippen molar-refractivity contribution in [2.75, 3.05) is 0 Å². The van der Waals surface area contributed by atoms with Crippen molar-refractivity contribution < 1.29 is 14.1 Å². The van der Waals surface area contributed by atoms with E-state index >= 15 is 0 Å². The first kappa shape index (κ1) is 9.79. The average molecular weight is 221 g/mol. The Hall–Kier alpha value is -1.75. The van der Waals surface area contributed by atoms with Gasteiger partial charge in [-0.2, -0.15) is 0 Å². The van der Waals surface area contributed by atoms with E-state index in [-0.39, 0.29) is 11.5 Å². The van der Waals surface area contributed by atoms with Crippen LogP contribution in [0, 0.1) is 6.92 Å². The van der Waals surface area contributed by atoms with Crippen molar-refractivity contribution in [2.24, 2.45) is 0 Å². The van der Waals surface area contributed by atoms with Crippen molar-refractivity contribution >= 4 is 23.4 Å². The van der Waals surface area contributed by atoms with E-state index in [1.54, 1.807) is 13.0 Å². The highest BCUT2D eigenvalue weighted by Gasteiger charge is 2.17. The zero-order valence-corrected chi connectivity index (χ0v) is 8.71. The van der Waals surface area contributed by atoms with Gasteiger partial charge in [0, 0.05) is 16.5 Å². The Balaban J connectivity index is 2.41. The molecule has 76 valence electrons. The lowest BCUT2D eigenvalue weighted by molar-refractivity contribution is 0.103. The summed E-state index contributed by atoms with van der Waals surface area (Å²) < 4.78 is 4.59. The summed E-state index contributed by atoms with van der Waals surface area (Å²) in [6.07, 6.45) is 2.08. The van der Waals surface area contributed by atoms with Crippen LogP contribution in [-0.2, 0) is 0 Å². The fraction of sp³-hybridized carbons (Fsp3) is 0.100. The minimum Gasteiger partial charge on any atom is -0.364 e. The average Bonchev–Trinajstić information content (AvgIpc) is 2.85. The molecular formula is C10H7NO3S. The Kier molecular flexibility index (Phi) is 2.47. The number of aldehydes is 1. The molecule has 2 aromatic heterocycles. The predicted octanol–water partition coefficient (Wildman–Crippen LogP) is 2.09. The van der Waals surface area contributed by atoms with E-state index in [4.69, 9.17) is 0 Å². The maximum Gasteiger partial charge on any atom is 0.216 e. The molecule has 0 spiro atoms. The number of aryl methyl sites for hydroxylation is 1. The molecular weight excluding hydrogens is 214 g/mol. The van der Waals surface area contributed by atoms with Crippen molar-refractivity contribution in [3.63, 3.8) is 0 Å². The van der Waals surface area contributed by atoms with E-state index in [2.05, 4.69) is 9.68 Å². The third-order valence-corrected chi connectivity index (χ3v) is 2.94. The fourth-order valence-electron chi connectivity index (χ4n) is 1.26. The molecule has 0 unspecified atom stereocenters. The van der Waals surface area contributed by atoms with E-state index in [1.807, 2.05) is 0 Å². The van der Waals surface area contributed by atoms with Crippen LogP contribution in [0.5, 0.6) is 0 Å². The SMILES string of the molecule is Cc1sc(C=O)cc1C(=O)c1ccon1. The Morgan fingerprint density at radius 2 is 2.40 bits per heavy atom. The molecule has 2 heterocycles. The van der Waals surface area contributed by atoms with Gasteiger partial charge in [0.15, 0.2) is 12.0 Å². The molecule has 0 aliphatic heterocycles. The molecule has 0 saturated heterocycles. The number of thiophene rings is 1. The third-order valence-electron chi connectivity index (χ3n) is 1.97. The van der Waals surface area contributed by atoms with Gasteiger partial charge in [0.25, 0.3) is 0 Å². The summed E-state index contributed by atoms with van der Waals surface area (Å²) in [6.45, 7) is 1.80. The standard InChI is InChI=1S/C10H7NO3S/c1-6-8(4-7(5-12)15-6)10(13)9-2-3-14-11-9/h2-5H,1H3. The number of hydrogen-bond acceptors (Lipinski definition) is 5. The molecule has 4 nitrogen and oxygen atoms in total. The molecule has 0 amide bonds. The summed E-state index contributed by atoms with van der Waals surface area (Å²) in [6, 6.07) is 3.07. The minimum atomic E-state index is -0.217. The molecule has 0 aliphatic rings. The van der Waals surface area contributed by atoms with Crippen LogP contribution in [0.1, 0.15) is 30.6 Å². The topological polar surface area (TPSA) is 60.2 Å². The van der Waals surface area contributed by atoms with E-state index in [1.165, 1.54) is 23.7 Å². The van der Waals surface area contributed by atoms with Crippen LogP contribution in [0.3, 0.4) is 0 Å². The molecule has 0 radical (unpaired) electrons. The second-order valence-corrected chi connectivity index (χ2v) is 4.24. The first-order valence-corrected chi connectivity index (χ1v) is 5.04. The van der Waals surface area contributed by atoms with Crippen LogP contribution in [0.4, 0.5) is 0 Å². The molecule has 0 fully saturated rings. The van der Waals surface area contributed by atoms with Crippen LogP contribution in [0.2, 0.25) is 0 Å². The molecule has 2 aromatic rings. The Labute approximate surface area is 89.5 Å². The van der Waals surface area contributed by atoms with Gasteiger partial charge in [0.2, 0.25) is 5.78 Å². The van der Waals surface area contributed by atoms with Crippen molar-refractivity contribution in [1.29, 1.82) is 0 Å². The first-order chi connectivity index (χ1) is 7.22. The van der Waals surface area contributed by atoms with Crippen LogP contribution >= 0.6 is 11.3 Å². The van der Waals surface area contributed by atoms with Crippen molar-refractivity contribution in [1.82, 2.24) is 5.16 Å². The molecule has 0 N–H and O–H groups in total. The highest BCUT2D eigenvalue weighted by atomic mass is 32.1. The van der Waals surface area contributed by atoms with Gasteiger partial charge in [-0.3, -0.25) is 9.59 Å². The zero-order chi connectivity index (χ0) is 10.8. The van der Waals surface area contributed by atoms with Gasteiger partial charge in [0.1, 0.15) is 6.26 Å². The second-order valence-electron chi connectivity index (χ2n) is 2.95. The first-order valence-electron chi connectivity index (χ1n) is 4.23. The normalized spacial score (nSPS) is 10.2. The van der Waals surface area contributed by atoms with Gasteiger partial charge in [-0.05, 0) is 13.0 Å². The molecule has 5 heteroatoms. The van der Waals surface area contributed by atoms with Gasteiger partial charge in [-0.15, -0.1) is 11.3 Å². The van der Waals surface area contributed by atoms with E-state index < -0.39 is 0 Å². The van der Waals surface area contributed by atoms with Crippen LogP contribution in [0.25, 0.3) is 0 Å². The summed E-state index contributed by atoms with van der Waals surface area (Å²) in [5, 5.41) is 3.56. The Morgan fingerprint density at radius 1 is 1.60 bits per heavy atom. The van der Waals surface area contributed by atoms with Crippen LogP contribution in [-0.4, -0.2) is 17.2 Å². The number of carbonyl (C=O) groups is 2. The monoisotopic (exact) mass is 221 g/mol. The molecule has 2 rings (SSSR count). The smallest absolute Gasteiger partial charge is 0.216 e. The van der Waals surface area contributed by atoms with Gasteiger partial charge >= 0.3 is 0 Å². The summed E-state index contributed by atoms with van der Waals surface area (Å²) in [5.74, 6) is -0.217. The number of aromatic nitrogens is 1. The van der Waals surface area contributed by atoms with Crippen LogP contribution in [0.15, 0.2) is 22.9 Å². The minimum absolute atomic E-state index is 0.217. The highest BCUT2D eigenvalue weighted by Crippen LogP contribution is 2.22. The van der Waals surface area contributed by atoms with Crippen molar-refractivity contribution in [3.8, 4) is 0 Å². The summed E-state index contributed by atoms with van der Waals surface area (Å²) in [4.78, 5) is 23.7. The van der Waals surface area contributed by atoms with Crippen molar-refractivity contribution in [3.05, 3.63) is 39.4 Å². The van der Waals surface area contributed by atoms with Gasteiger partial charge in [-0.25, -0.2) is 0 Å². The van der Waals surface area contributed by atoms with Gasteiger partial charge < -0.3 is 4.52 Å². The number of carbonyl (C=O) groups excluding carboxylic acids is 2. The molecule has 0 saturated carbocycles. The highest BCUT2D eigenvalue weighted by molar-refractivity contribution is 7.14. The summed E-state index contributed by atoms with van der Waals surface area (Å²) >= 11 is 1.29. The molecule has 0 aliphatic carbocycles. The zero-order valence-electron chi connectivity index (χ0n) is 7.89. The predicted molar refractivity (Wildman–Crippen MR) is 54.4 cm³/mol. The van der Waals surface area contributed by atoms with Crippen LogP contribution < -0.4 is 0 Å². The lowest BCUT2D eigenvalue weighted by atomic mass is 10.1. The lowest BCUT2D eigenvalue weighted by Gasteiger charge is -1.92. The summed E-state index contributed by atoms with van der Waals surface area (Å²) in [7, 11) is 0. The Bertz CT molecular complexity index is 499. The van der Waals surface area contributed by atoms with Crippen molar-refractivity contribution in [2.45, 2.75) is 6.92 Å². The van der Waals surface area contributed by atoms with E-state index in [9.17, 15) is 9.59 Å². The number of nitrogens with zero attached hydrogens (tertiary/aromatic N) is 1. The molecule has 15 heavy (non-hydrogen) atoms. The van der Waals surface area contributed by atoms with E-state index in [0.29, 0.717) is 10.4 Å². The second kappa shape index (κ2) is 3.78. The maximum atomic E-state index is 11.8. The molecule has 0 aromatic carbocycles. The van der Waals surface area contributed by atoms with Gasteiger partial charge in [0.05, 0.1) is 4.88 Å². The maximum absolute atomic E-state index is 11.8. The fourth-order valence-corrected chi connectivity index (χ4v) is 2.10. The van der Waals surface area contributed by atoms with Gasteiger partial charge in [-0.1, -0.05) is 5.16 Å². The summed E-state index contributed by atoms with van der Waals surface area (Å²) in [5.41, 5.74) is 0.768. The number of rotatable bonds is 3. The number of ketones is 1. The molecule has 0 bridgehead atoms. The quantitative estimate of drug-likeness (QED) is 0.588. The number of hydrogen-bond donors (Lipinski definition) is 0. The third kappa shape index (κ3) is 1.73. The largest absolute Gasteiger partial charge is 0.364 e. The van der Waals surface area contributed by atoms with E-state index in [0.717, 1.165) is 11.2 Å². The lowest BCUT2D eigenvalue weighted by Crippen LogP contribution is -2.01. The molecule has 0 atom stereocenters.